The lowest BCUT2D eigenvalue weighted by Gasteiger charge is -2.42. The number of allylic oxidation sites excluding steroid dienone is 2. The van der Waals surface area contributed by atoms with E-state index in [1.165, 1.54) is 12.2 Å². The van der Waals surface area contributed by atoms with Crippen molar-refractivity contribution in [2.75, 3.05) is 14.2 Å². The van der Waals surface area contributed by atoms with E-state index in [2.05, 4.69) is 41.5 Å². The molecule has 202 valence electrons. The van der Waals surface area contributed by atoms with E-state index in [9.17, 15) is 9.59 Å². The molecule has 0 saturated carbocycles. The van der Waals surface area contributed by atoms with Gasteiger partial charge in [-0.3, -0.25) is 9.59 Å². The minimum absolute atomic E-state index is 0.187. The van der Waals surface area contributed by atoms with Gasteiger partial charge in [0.05, 0.1) is 14.2 Å². The maximum atomic E-state index is 13.5. The molecule has 0 unspecified atom stereocenters. The molecule has 0 bridgehead atoms. The molecular weight excluding hydrogens is 504 g/mol. The highest BCUT2D eigenvalue weighted by Gasteiger charge is 2.47. The van der Waals surface area contributed by atoms with E-state index in [0.717, 1.165) is 32.3 Å². The van der Waals surface area contributed by atoms with E-state index >= 15 is 0 Å². The summed E-state index contributed by atoms with van der Waals surface area (Å²) in [5.74, 6) is 1.52. The number of rotatable bonds is 7. The number of hydrogen-bond acceptors (Lipinski definition) is 5. The van der Waals surface area contributed by atoms with Gasteiger partial charge in [0.25, 0.3) is 8.32 Å². The fourth-order valence-electron chi connectivity index (χ4n) is 6.90. The Kier molecular flexibility index (Phi) is 6.79. The predicted molar refractivity (Wildman–Crippen MR) is 162 cm³/mol. The van der Waals surface area contributed by atoms with Crippen molar-refractivity contribution in [2.45, 2.75) is 58.2 Å². The zero-order chi connectivity index (χ0) is 28.2. The molecule has 0 atom stereocenters. The molecule has 0 aromatic heterocycles. The van der Waals surface area contributed by atoms with Gasteiger partial charge < -0.3 is 13.9 Å². The molecule has 5 rings (SSSR count). The molecule has 1 aliphatic rings. The number of ether oxygens (including phenoxy) is 2. The zero-order valence-electron chi connectivity index (χ0n) is 24.0. The number of benzene rings is 4. The highest BCUT2D eigenvalue weighted by atomic mass is 28.4. The Morgan fingerprint density at radius 1 is 0.641 bits per heavy atom. The first kappa shape index (κ1) is 26.9. The highest BCUT2D eigenvalue weighted by molar-refractivity contribution is 6.78. The van der Waals surface area contributed by atoms with Crippen LogP contribution in [0.4, 0.5) is 0 Å². The summed E-state index contributed by atoms with van der Waals surface area (Å²) >= 11 is 0. The van der Waals surface area contributed by atoms with Crippen molar-refractivity contribution < 1.29 is 23.5 Å². The van der Waals surface area contributed by atoms with E-state index in [1.54, 1.807) is 14.2 Å². The van der Waals surface area contributed by atoms with Crippen LogP contribution in [0.2, 0.25) is 16.6 Å². The monoisotopic (exact) mass is 540 g/mol. The van der Waals surface area contributed by atoms with E-state index in [0.29, 0.717) is 45.0 Å². The van der Waals surface area contributed by atoms with Crippen LogP contribution in [0.15, 0.2) is 54.6 Å². The van der Waals surface area contributed by atoms with Crippen molar-refractivity contribution in [1.29, 1.82) is 0 Å². The molecular formula is C33H36O5Si. The average Bonchev–Trinajstić information content (AvgIpc) is 2.91. The van der Waals surface area contributed by atoms with Gasteiger partial charge in [-0.15, -0.1) is 0 Å². The Balaban J connectivity index is 2.03. The Bertz CT molecular complexity index is 1660. The second kappa shape index (κ2) is 9.83. The largest absolute Gasteiger partial charge is 0.542 e. The first-order valence-corrected chi connectivity index (χ1v) is 15.7. The van der Waals surface area contributed by atoms with Gasteiger partial charge in [-0.25, -0.2) is 0 Å². The van der Waals surface area contributed by atoms with Crippen LogP contribution in [0.3, 0.4) is 0 Å². The minimum Gasteiger partial charge on any atom is -0.542 e. The maximum Gasteiger partial charge on any atom is 0.258 e. The summed E-state index contributed by atoms with van der Waals surface area (Å²) in [6.07, 6.45) is 2.74. The molecule has 1 aliphatic carbocycles. The Morgan fingerprint density at radius 2 is 1.18 bits per heavy atom. The lowest BCUT2D eigenvalue weighted by molar-refractivity contribution is 0.0995. The van der Waals surface area contributed by atoms with Crippen LogP contribution in [0, 0.1) is 0 Å². The SMILES string of the molecule is COc1c(OC)c2ccc3c(O[Si](C(C)C)(C(C)C)C(C)C)cc4c(c3c2c2ccccc12)C(=O)C=CC4=O. The summed E-state index contributed by atoms with van der Waals surface area (Å²) in [6.45, 7) is 13.4. The number of methoxy groups -OCH3 is 2. The summed E-state index contributed by atoms with van der Waals surface area (Å²) in [6, 6.07) is 13.8. The molecule has 0 saturated heterocycles. The average molecular weight is 541 g/mol. The van der Waals surface area contributed by atoms with Crippen molar-refractivity contribution in [1.82, 2.24) is 0 Å². The lowest BCUT2D eigenvalue weighted by atomic mass is 9.85. The van der Waals surface area contributed by atoms with Crippen LogP contribution in [-0.2, 0) is 0 Å². The first-order chi connectivity index (χ1) is 18.6. The number of carbonyl (C=O) groups is 2. The number of hydrogen-bond donors (Lipinski definition) is 0. The third kappa shape index (κ3) is 3.87. The van der Waals surface area contributed by atoms with Crippen LogP contribution in [-0.4, -0.2) is 34.1 Å². The quantitative estimate of drug-likeness (QED) is 0.173. The summed E-state index contributed by atoms with van der Waals surface area (Å²) in [4.78, 5) is 26.8. The lowest BCUT2D eigenvalue weighted by Crippen LogP contribution is -2.50. The van der Waals surface area contributed by atoms with E-state index in [-0.39, 0.29) is 11.6 Å². The highest BCUT2D eigenvalue weighted by Crippen LogP contribution is 2.50. The summed E-state index contributed by atoms with van der Waals surface area (Å²) < 4.78 is 18.9. The molecule has 0 N–H and O–H groups in total. The van der Waals surface area contributed by atoms with E-state index in [4.69, 9.17) is 13.9 Å². The normalized spacial score (nSPS) is 13.8. The van der Waals surface area contributed by atoms with Crippen LogP contribution in [0.1, 0.15) is 62.3 Å². The minimum atomic E-state index is -2.38. The van der Waals surface area contributed by atoms with Gasteiger partial charge in [0.2, 0.25) is 0 Å². The number of carbonyl (C=O) groups excluding carboxylic acids is 2. The molecule has 0 spiro atoms. The topological polar surface area (TPSA) is 61.8 Å². The van der Waals surface area contributed by atoms with Crippen LogP contribution >= 0.6 is 0 Å². The van der Waals surface area contributed by atoms with Crippen LogP contribution in [0.5, 0.6) is 17.2 Å². The molecule has 0 fully saturated rings. The molecule has 0 aliphatic heterocycles. The fourth-order valence-corrected chi connectivity index (χ4v) is 12.2. The molecule has 4 aromatic carbocycles. The maximum absolute atomic E-state index is 13.5. The van der Waals surface area contributed by atoms with Crippen molar-refractivity contribution in [3.05, 3.63) is 65.7 Å². The number of fused-ring (bicyclic) bond motifs is 7. The molecule has 6 heteroatoms. The Labute approximate surface area is 230 Å². The van der Waals surface area contributed by atoms with Gasteiger partial charge in [0.15, 0.2) is 23.1 Å². The second-order valence-corrected chi connectivity index (χ2v) is 16.7. The first-order valence-electron chi connectivity index (χ1n) is 13.6. The second-order valence-electron chi connectivity index (χ2n) is 11.3. The van der Waals surface area contributed by atoms with Crippen molar-refractivity contribution in [3.8, 4) is 17.2 Å². The van der Waals surface area contributed by atoms with Crippen LogP contribution < -0.4 is 13.9 Å². The van der Waals surface area contributed by atoms with Gasteiger partial charge in [0, 0.05) is 38.1 Å². The molecule has 0 amide bonds. The third-order valence-corrected chi connectivity index (χ3v) is 14.4. The standard InChI is InChI=1S/C33H36O5Si/c1-18(2)39(19(3)4,20(5)6)38-28-17-25-26(34)15-16-27(35)30(25)31-23(28)13-14-24-29(31)21-11-9-10-12-22(21)32(36-7)33(24)37-8/h9-20H,1-8H3. The smallest absolute Gasteiger partial charge is 0.258 e. The molecule has 0 radical (unpaired) electrons. The summed E-state index contributed by atoms with van der Waals surface area (Å²) in [5, 5.41) is 5.01. The van der Waals surface area contributed by atoms with Gasteiger partial charge in [-0.05, 0) is 52.4 Å². The molecule has 4 aromatic rings. The summed E-state index contributed by atoms with van der Waals surface area (Å²) in [7, 11) is 0.870. The van der Waals surface area contributed by atoms with E-state index < -0.39 is 8.32 Å². The Hall–Kier alpha value is -3.64. The van der Waals surface area contributed by atoms with Gasteiger partial charge in [0.1, 0.15) is 5.75 Å². The zero-order valence-corrected chi connectivity index (χ0v) is 25.0. The molecule has 39 heavy (non-hydrogen) atoms. The van der Waals surface area contributed by atoms with Gasteiger partial charge in [-0.2, -0.15) is 0 Å². The van der Waals surface area contributed by atoms with Crippen molar-refractivity contribution in [2.24, 2.45) is 0 Å². The number of ketones is 2. The Morgan fingerprint density at radius 3 is 1.77 bits per heavy atom. The molecule has 5 nitrogen and oxygen atoms in total. The van der Waals surface area contributed by atoms with Crippen molar-refractivity contribution >= 4 is 52.2 Å². The van der Waals surface area contributed by atoms with Crippen molar-refractivity contribution in [3.63, 3.8) is 0 Å². The predicted octanol–water partition coefficient (Wildman–Crippen LogP) is 8.65. The van der Waals surface area contributed by atoms with Gasteiger partial charge >= 0.3 is 0 Å². The third-order valence-electron chi connectivity index (χ3n) is 8.46. The fraction of sp³-hybridized carbons (Fsp3) is 0.333. The van der Waals surface area contributed by atoms with E-state index in [1.807, 2.05) is 42.5 Å². The molecule has 0 heterocycles. The van der Waals surface area contributed by atoms with Gasteiger partial charge in [-0.1, -0.05) is 65.8 Å². The summed E-state index contributed by atoms with van der Waals surface area (Å²) in [5.41, 5.74) is 1.82. The van der Waals surface area contributed by atoms with Crippen LogP contribution in [0.25, 0.3) is 32.3 Å².